The van der Waals surface area contributed by atoms with Crippen LogP contribution < -0.4 is 15.6 Å². The summed E-state index contributed by atoms with van der Waals surface area (Å²) in [4.78, 5) is 24.4. The van der Waals surface area contributed by atoms with Gasteiger partial charge in [-0.2, -0.15) is 17.5 Å². The van der Waals surface area contributed by atoms with E-state index in [4.69, 9.17) is 32.0 Å². The molecule has 306 valence electrons. The molecule has 1 amide bonds. The molecule has 0 fully saturated rings. The fraction of sp³-hybridized carbons (Fsp3) is 0.361. The zero-order chi connectivity index (χ0) is 42.4. The van der Waals surface area contributed by atoms with Crippen molar-refractivity contribution in [2.75, 3.05) is 47.9 Å². The summed E-state index contributed by atoms with van der Waals surface area (Å²) in [5.74, 6) is -6.27. The van der Waals surface area contributed by atoms with Gasteiger partial charge in [-0.1, -0.05) is 43.3 Å². The summed E-state index contributed by atoms with van der Waals surface area (Å²) < 4.78 is 112. The Balaban J connectivity index is 0.00000109. The van der Waals surface area contributed by atoms with Crippen LogP contribution in [0.1, 0.15) is 37.1 Å². The largest absolute Gasteiger partial charge is 0.542 e. The Labute approximate surface area is 329 Å². The summed E-state index contributed by atoms with van der Waals surface area (Å²) in [7, 11) is 2.84. The van der Waals surface area contributed by atoms with Crippen molar-refractivity contribution in [3.05, 3.63) is 100 Å². The molecule has 0 aliphatic heterocycles. The first-order valence-electron chi connectivity index (χ1n) is 16.5. The summed E-state index contributed by atoms with van der Waals surface area (Å²) >= 11 is 7.29. The van der Waals surface area contributed by atoms with Crippen molar-refractivity contribution < 1.29 is 58.7 Å². The van der Waals surface area contributed by atoms with Gasteiger partial charge in [-0.05, 0) is 54.1 Å². The van der Waals surface area contributed by atoms with Gasteiger partial charge in [-0.25, -0.2) is 26.6 Å². The second-order valence-electron chi connectivity index (χ2n) is 13.8. The van der Waals surface area contributed by atoms with Crippen molar-refractivity contribution in [1.82, 2.24) is 13.9 Å². The maximum absolute atomic E-state index is 15.5. The molecule has 1 heterocycles. The highest BCUT2D eigenvalue weighted by atomic mass is 35.5. The second kappa shape index (κ2) is 18.3. The number of methoxy groups -OCH3 is 1. The maximum atomic E-state index is 15.5. The number of imidazole rings is 1. The van der Waals surface area contributed by atoms with Crippen LogP contribution in [0.5, 0.6) is 5.75 Å². The Morgan fingerprint density at radius 2 is 1.59 bits per heavy atom. The number of halogens is 7. The van der Waals surface area contributed by atoms with Gasteiger partial charge in [0, 0.05) is 35.4 Å². The number of hydrogen-bond donors (Lipinski definition) is 1. The first-order valence-corrected chi connectivity index (χ1v) is 19.3. The van der Waals surface area contributed by atoms with Crippen LogP contribution in [0.25, 0.3) is 5.69 Å². The van der Waals surface area contributed by atoms with Crippen molar-refractivity contribution in [3.63, 3.8) is 0 Å². The molecule has 0 saturated carbocycles. The Bertz CT molecular complexity index is 2120. The summed E-state index contributed by atoms with van der Waals surface area (Å²) in [5.41, 5.74) is 6.33. The molecule has 4 aromatic rings. The Hall–Kier alpha value is -4.30. The number of primary amides is 1. The van der Waals surface area contributed by atoms with E-state index in [9.17, 15) is 30.8 Å². The summed E-state index contributed by atoms with van der Waals surface area (Å²) in [6, 6.07) is 12.6. The lowest BCUT2D eigenvalue weighted by Gasteiger charge is -2.28. The lowest BCUT2D eigenvalue weighted by atomic mass is 9.81. The zero-order valence-corrected chi connectivity index (χ0v) is 33.5. The number of carboxylic acid groups (broad SMARTS) is 1. The van der Waals surface area contributed by atoms with Gasteiger partial charge in [-0.15, -0.1) is 0 Å². The molecule has 0 unspecified atom stereocenters. The minimum atomic E-state index is -5.19. The highest BCUT2D eigenvalue weighted by molar-refractivity contribution is 7.98. The molecular weight excluding hydrogens is 812 g/mol. The number of carboxylic acids is 1. The summed E-state index contributed by atoms with van der Waals surface area (Å²) in [6.45, 7) is 3.82. The highest BCUT2D eigenvalue weighted by Gasteiger charge is 2.32. The SMILES string of the molecule is COc1cc(C(C)(C)c2cnc(SCc3c(F)cc(S(=O)(=O)N(CCC[N+](C)(C)C)CC(N)=O)cc3F)n2-c2ccc(F)cc2)ccc1Cl.O=C([O-])C(F)(F)F. The van der Waals surface area contributed by atoms with E-state index in [0.717, 1.165) is 33.8 Å². The quantitative estimate of drug-likeness (QED) is 0.0946. The monoisotopic (exact) mass is 851 g/mol. The molecule has 4 rings (SSSR count). The van der Waals surface area contributed by atoms with Crippen molar-refractivity contribution in [3.8, 4) is 11.4 Å². The molecule has 0 radical (unpaired) electrons. The number of rotatable bonds is 15. The predicted molar refractivity (Wildman–Crippen MR) is 196 cm³/mol. The molecule has 1 aromatic heterocycles. The number of benzene rings is 3. The smallest absolute Gasteiger partial charge is 0.430 e. The van der Waals surface area contributed by atoms with Crippen LogP contribution in [-0.4, -0.2) is 92.7 Å². The molecule has 0 spiro atoms. The molecule has 3 aromatic carbocycles. The van der Waals surface area contributed by atoms with Crippen LogP contribution in [-0.2, 0) is 30.8 Å². The Morgan fingerprint density at radius 3 is 2.09 bits per heavy atom. The number of nitrogens with two attached hydrogens (primary N) is 1. The number of alkyl halides is 3. The van der Waals surface area contributed by atoms with E-state index in [1.54, 1.807) is 29.0 Å². The van der Waals surface area contributed by atoms with E-state index < -0.39 is 62.4 Å². The van der Waals surface area contributed by atoms with Gasteiger partial charge < -0.3 is 24.9 Å². The molecule has 56 heavy (non-hydrogen) atoms. The fourth-order valence-corrected chi connectivity index (χ4v) is 7.92. The fourth-order valence-electron chi connectivity index (χ4n) is 5.25. The van der Waals surface area contributed by atoms with E-state index in [1.165, 1.54) is 19.2 Å². The van der Waals surface area contributed by atoms with E-state index in [2.05, 4.69) is 4.98 Å². The summed E-state index contributed by atoms with van der Waals surface area (Å²) in [5, 5.41) is 9.58. The van der Waals surface area contributed by atoms with Crippen LogP contribution in [0.15, 0.2) is 70.8 Å². The van der Waals surface area contributed by atoms with Crippen molar-refractivity contribution in [1.29, 1.82) is 0 Å². The van der Waals surface area contributed by atoms with Crippen molar-refractivity contribution in [2.45, 2.75) is 47.7 Å². The molecule has 0 aliphatic carbocycles. The van der Waals surface area contributed by atoms with Gasteiger partial charge in [-0.3, -0.25) is 9.36 Å². The average Bonchev–Trinajstić information content (AvgIpc) is 3.51. The van der Waals surface area contributed by atoms with Crippen molar-refractivity contribution in [2.24, 2.45) is 5.73 Å². The molecule has 0 bridgehead atoms. The number of hydrogen-bond acceptors (Lipinski definition) is 8. The van der Waals surface area contributed by atoms with Crippen molar-refractivity contribution >= 4 is 45.3 Å². The summed E-state index contributed by atoms with van der Waals surface area (Å²) in [6.07, 6.45) is -3.16. The topological polar surface area (TPSA) is 148 Å². The lowest BCUT2D eigenvalue weighted by molar-refractivity contribution is -0.870. The van der Waals surface area contributed by atoms with Crippen LogP contribution in [0, 0.1) is 17.5 Å². The lowest BCUT2D eigenvalue weighted by Crippen LogP contribution is -2.42. The van der Waals surface area contributed by atoms with Gasteiger partial charge >= 0.3 is 6.18 Å². The second-order valence-corrected chi connectivity index (χ2v) is 17.1. The molecule has 2 N–H and O–H groups in total. The highest BCUT2D eigenvalue weighted by Crippen LogP contribution is 2.39. The van der Waals surface area contributed by atoms with Crippen LogP contribution in [0.3, 0.4) is 0 Å². The number of sulfonamides is 1. The van der Waals surface area contributed by atoms with E-state index >= 15 is 8.78 Å². The normalized spacial score (nSPS) is 12.3. The number of carbonyl (C=O) groups is 2. The first kappa shape index (κ1) is 46.1. The third-order valence-corrected chi connectivity index (χ3v) is 11.3. The number of amides is 1. The van der Waals surface area contributed by atoms with E-state index in [1.807, 2.05) is 47.1 Å². The maximum Gasteiger partial charge on any atom is 0.430 e. The number of thioether (sulfide) groups is 1. The minimum Gasteiger partial charge on any atom is -0.542 e. The molecule has 20 heteroatoms. The molecule has 0 saturated heterocycles. The number of ether oxygens (including phenoxy) is 1. The number of carbonyl (C=O) groups excluding carboxylic acids is 2. The van der Waals surface area contributed by atoms with Gasteiger partial charge in [0.05, 0.1) is 63.2 Å². The van der Waals surface area contributed by atoms with Crippen LogP contribution in [0.2, 0.25) is 5.02 Å². The standard InChI is InChI=1S/C34H39ClF3N5O4S2.C2HF3O2/c1-34(2,22-8-13-27(35)30(16-22)47-6)31-19-40-33(42(31)24-11-9-23(36)10-12-24)48-21-26-28(37)17-25(18-29(26)38)49(45,46)41(20-32(39)44)14-7-15-43(3,4)5;3-2(4,5)1(6)7/h8-13,16-19H,7,14-15,20-21H2,1-6H3,(H-,39,44);(H,6,7). The van der Waals surface area contributed by atoms with Gasteiger partial charge in [0.1, 0.15) is 29.2 Å². The third kappa shape index (κ3) is 11.9. The Morgan fingerprint density at radius 1 is 1.02 bits per heavy atom. The number of aromatic nitrogens is 2. The zero-order valence-electron chi connectivity index (χ0n) is 31.1. The minimum absolute atomic E-state index is 0.0604. The van der Waals surface area contributed by atoms with Gasteiger partial charge in [0.2, 0.25) is 15.9 Å². The first-order chi connectivity index (χ1) is 25.8. The van der Waals surface area contributed by atoms with Gasteiger partial charge in [0.25, 0.3) is 0 Å². The molecule has 0 atom stereocenters. The molecule has 11 nitrogen and oxygen atoms in total. The van der Waals surface area contributed by atoms with Crippen LogP contribution in [0.4, 0.5) is 26.3 Å². The average molecular weight is 852 g/mol. The van der Waals surface area contributed by atoms with E-state index in [-0.39, 0.29) is 17.9 Å². The molecular formula is C36H40ClF6N5O6S2. The number of aliphatic carboxylic acids is 1. The number of quaternary nitrogens is 1. The van der Waals surface area contributed by atoms with Crippen LogP contribution >= 0.6 is 23.4 Å². The Kier molecular flexibility index (Phi) is 15.1. The third-order valence-electron chi connectivity index (χ3n) is 8.23. The van der Waals surface area contributed by atoms with E-state index in [0.29, 0.717) is 44.8 Å². The predicted octanol–water partition coefficient (Wildman–Crippen LogP) is 5.44. The van der Waals surface area contributed by atoms with Gasteiger partial charge in [0.15, 0.2) is 5.16 Å². The number of nitrogens with zero attached hydrogens (tertiary/aromatic N) is 4. The molecule has 0 aliphatic rings.